The molecule has 2 rings (SSSR count). The quantitative estimate of drug-likeness (QED) is 0.628. The van der Waals surface area contributed by atoms with Gasteiger partial charge in [-0.2, -0.15) is 0 Å². The van der Waals surface area contributed by atoms with Crippen LogP contribution in [-0.2, 0) is 0 Å². The second kappa shape index (κ2) is 6.85. The van der Waals surface area contributed by atoms with E-state index < -0.39 is 5.91 Å². The fraction of sp³-hybridized carbons (Fsp3) is 0.133. The summed E-state index contributed by atoms with van der Waals surface area (Å²) in [6.45, 7) is 0.835. The number of nitrogens with two attached hydrogens (primary N) is 1. The van der Waals surface area contributed by atoms with E-state index in [1.54, 1.807) is 23.9 Å². The minimum Gasteiger partial charge on any atom is -0.384 e. The van der Waals surface area contributed by atoms with E-state index in [9.17, 15) is 4.79 Å². The second-order valence-corrected chi connectivity index (χ2v) is 5.20. The van der Waals surface area contributed by atoms with Gasteiger partial charge in [0.25, 0.3) is 0 Å². The van der Waals surface area contributed by atoms with Crippen LogP contribution in [0, 0.1) is 0 Å². The Labute approximate surface area is 117 Å². The summed E-state index contributed by atoms with van der Waals surface area (Å²) in [4.78, 5) is 12.3. The Hall–Kier alpha value is -1.94. The number of primary amides is 1. The Morgan fingerprint density at radius 2 is 1.89 bits per heavy atom. The number of hydrogen-bond acceptors (Lipinski definition) is 3. The Morgan fingerprint density at radius 1 is 1.11 bits per heavy atom. The average Bonchev–Trinajstić information content (AvgIpc) is 2.45. The van der Waals surface area contributed by atoms with Crippen molar-refractivity contribution in [3.8, 4) is 0 Å². The van der Waals surface area contributed by atoms with Gasteiger partial charge in [-0.05, 0) is 30.3 Å². The van der Waals surface area contributed by atoms with Crippen LogP contribution >= 0.6 is 11.8 Å². The van der Waals surface area contributed by atoms with Crippen LogP contribution in [0.4, 0.5) is 5.69 Å². The molecule has 0 aromatic heterocycles. The maximum atomic E-state index is 11.1. The summed E-state index contributed by atoms with van der Waals surface area (Å²) in [5.41, 5.74) is 6.69. The molecule has 2 aromatic carbocycles. The molecule has 98 valence electrons. The van der Waals surface area contributed by atoms with Gasteiger partial charge in [-0.25, -0.2) is 0 Å². The smallest absolute Gasteiger partial charge is 0.248 e. The summed E-state index contributed by atoms with van der Waals surface area (Å²) in [7, 11) is 0. The third kappa shape index (κ3) is 4.34. The van der Waals surface area contributed by atoms with E-state index in [4.69, 9.17) is 5.73 Å². The summed E-state index contributed by atoms with van der Waals surface area (Å²) in [5.74, 6) is 0.562. The molecule has 0 atom stereocenters. The first-order chi connectivity index (χ1) is 9.25. The normalized spacial score (nSPS) is 10.1. The highest BCUT2D eigenvalue weighted by Gasteiger charge is 2.00. The number of rotatable bonds is 6. The molecular formula is C15H16N2OS. The Bertz CT molecular complexity index is 543. The molecule has 3 N–H and O–H groups in total. The van der Waals surface area contributed by atoms with Crippen molar-refractivity contribution in [2.75, 3.05) is 17.6 Å². The number of carbonyl (C=O) groups excluding carboxylic acids is 1. The highest BCUT2D eigenvalue weighted by molar-refractivity contribution is 7.99. The number of anilines is 1. The lowest BCUT2D eigenvalue weighted by molar-refractivity contribution is 0.100. The first-order valence-electron chi connectivity index (χ1n) is 6.07. The summed E-state index contributed by atoms with van der Waals surface area (Å²) in [6, 6.07) is 17.5. The van der Waals surface area contributed by atoms with E-state index in [0.717, 1.165) is 18.0 Å². The summed E-state index contributed by atoms with van der Waals surface area (Å²) in [5, 5.41) is 3.28. The SMILES string of the molecule is NC(=O)c1cccc(NCCSc2ccccc2)c1. The summed E-state index contributed by atoms with van der Waals surface area (Å²) >= 11 is 1.80. The Balaban J connectivity index is 1.80. The zero-order chi connectivity index (χ0) is 13.5. The standard InChI is InChI=1S/C15H16N2OS/c16-15(18)12-5-4-6-13(11-12)17-9-10-19-14-7-2-1-3-8-14/h1-8,11,17H,9-10H2,(H2,16,18). The molecule has 0 fully saturated rings. The number of carbonyl (C=O) groups is 1. The predicted octanol–water partition coefficient (Wildman–Crippen LogP) is 2.99. The van der Waals surface area contributed by atoms with Crippen molar-refractivity contribution >= 4 is 23.4 Å². The maximum absolute atomic E-state index is 11.1. The van der Waals surface area contributed by atoms with Gasteiger partial charge in [0, 0.05) is 28.4 Å². The van der Waals surface area contributed by atoms with Gasteiger partial charge in [0.1, 0.15) is 0 Å². The fourth-order valence-corrected chi connectivity index (χ4v) is 2.45. The van der Waals surface area contributed by atoms with E-state index in [2.05, 4.69) is 17.4 Å². The monoisotopic (exact) mass is 272 g/mol. The molecular weight excluding hydrogens is 256 g/mol. The molecule has 4 heteroatoms. The first-order valence-corrected chi connectivity index (χ1v) is 7.06. The number of nitrogens with one attached hydrogen (secondary N) is 1. The van der Waals surface area contributed by atoms with Crippen molar-refractivity contribution < 1.29 is 4.79 Å². The van der Waals surface area contributed by atoms with Crippen LogP contribution in [0.15, 0.2) is 59.5 Å². The molecule has 0 spiro atoms. The minimum atomic E-state index is -0.401. The van der Waals surface area contributed by atoms with Gasteiger partial charge in [0.05, 0.1) is 0 Å². The van der Waals surface area contributed by atoms with Gasteiger partial charge in [-0.3, -0.25) is 4.79 Å². The van der Waals surface area contributed by atoms with Gasteiger partial charge >= 0.3 is 0 Å². The number of hydrogen-bond donors (Lipinski definition) is 2. The second-order valence-electron chi connectivity index (χ2n) is 4.03. The molecule has 0 saturated heterocycles. The van der Waals surface area contributed by atoms with Crippen LogP contribution in [0.25, 0.3) is 0 Å². The van der Waals surface area contributed by atoms with E-state index in [1.165, 1.54) is 4.90 Å². The highest BCUT2D eigenvalue weighted by Crippen LogP contribution is 2.17. The van der Waals surface area contributed by atoms with Gasteiger partial charge in [-0.1, -0.05) is 24.3 Å². The largest absolute Gasteiger partial charge is 0.384 e. The third-order valence-electron chi connectivity index (χ3n) is 2.59. The van der Waals surface area contributed by atoms with Crippen molar-refractivity contribution in [3.05, 3.63) is 60.2 Å². The highest BCUT2D eigenvalue weighted by atomic mass is 32.2. The third-order valence-corrected chi connectivity index (χ3v) is 3.60. The molecule has 0 heterocycles. The molecule has 0 aliphatic carbocycles. The predicted molar refractivity (Wildman–Crippen MR) is 80.6 cm³/mol. The molecule has 0 aliphatic heterocycles. The van der Waals surface area contributed by atoms with Crippen molar-refractivity contribution in [1.29, 1.82) is 0 Å². The zero-order valence-electron chi connectivity index (χ0n) is 10.5. The maximum Gasteiger partial charge on any atom is 0.248 e. The lowest BCUT2D eigenvalue weighted by atomic mass is 10.2. The molecule has 3 nitrogen and oxygen atoms in total. The molecule has 19 heavy (non-hydrogen) atoms. The Kier molecular flexibility index (Phi) is 4.86. The van der Waals surface area contributed by atoms with Crippen molar-refractivity contribution in [1.82, 2.24) is 0 Å². The minimum absolute atomic E-state index is 0.401. The van der Waals surface area contributed by atoms with Crippen LogP contribution in [0.5, 0.6) is 0 Å². The van der Waals surface area contributed by atoms with Crippen molar-refractivity contribution in [2.45, 2.75) is 4.90 Å². The number of thioether (sulfide) groups is 1. The van der Waals surface area contributed by atoms with Gasteiger partial charge in [-0.15, -0.1) is 11.8 Å². The molecule has 0 unspecified atom stereocenters. The van der Waals surface area contributed by atoms with E-state index in [1.807, 2.05) is 30.3 Å². The molecule has 0 aliphatic rings. The van der Waals surface area contributed by atoms with Crippen LogP contribution in [0.2, 0.25) is 0 Å². The van der Waals surface area contributed by atoms with Crippen LogP contribution in [0.3, 0.4) is 0 Å². The molecule has 0 radical (unpaired) electrons. The Morgan fingerprint density at radius 3 is 2.63 bits per heavy atom. The lowest BCUT2D eigenvalue weighted by Crippen LogP contribution is -2.11. The summed E-state index contributed by atoms with van der Waals surface area (Å²) < 4.78 is 0. The zero-order valence-corrected chi connectivity index (χ0v) is 11.3. The fourth-order valence-electron chi connectivity index (χ4n) is 1.66. The van der Waals surface area contributed by atoms with Gasteiger partial charge in [0.2, 0.25) is 5.91 Å². The number of amides is 1. The lowest BCUT2D eigenvalue weighted by Gasteiger charge is -2.07. The van der Waals surface area contributed by atoms with Crippen LogP contribution < -0.4 is 11.1 Å². The van der Waals surface area contributed by atoms with Gasteiger partial charge < -0.3 is 11.1 Å². The molecule has 1 amide bonds. The number of benzene rings is 2. The van der Waals surface area contributed by atoms with Crippen LogP contribution in [-0.4, -0.2) is 18.2 Å². The van der Waals surface area contributed by atoms with E-state index in [-0.39, 0.29) is 0 Å². The van der Waals surface area contributed by atoms with E-state index >= 15 is 0 Å². The summed E-state index contributed by atoms with van der Waals surface area (Å²) in [6.07, 6.45) is 0. The molecule has 0 bridgehead atoms. The average molecular weight is 272 g/mol. The molecule has 0 saturated carbocycles. The first kappa shape index (κ1) is 13.5. The van der Waals surface area contributed by atoms with Gasteiger partial charge in [0.15, 0.2) is 0 Å². The van der Waals surface area contributed by atoms with Crippen LogP contribution in [0.1, 0.15) is 10.4 Å². The van der Waals surface area contributed by atoms with E-state index in [0.29, 0.717) is 5.56 Å². The molecule has 2 aromatic rings. The van der Waals surface area contributed by atoms with Crippen molar-refractivity contribution in [2.24, 2.45) is 5.73 Å². The topological polar surface area (TPSA) is 55.1 Å². The van der Waals surface area contributed by atoms with Crippen molar-refractivity contribution in [3.63, 3.8) is 0 Å².